The van der Waals surface area contributed by atoms with Gasteiger partial charge in [-0.25, -0.2) is 9.97 Å². The molecule has 2 heterocycles. The summed E-state index contributed by atoms with van der Waals surface area (Å²) in [6.45, 7) is 5.94. The minimum atomic E-state index is 0.729. The Morgan fingerprint density at radius 3 is 2.60 bits per heavy atom. The number of nitrogens with one attached hydrogen (secondary N) is 1. The van der Waals surface area contributed by atoms with E-state index >= 15 is 0 Å². The van der Waals surface area contributed by atoms with Crippen LogP contribution in [0.2, 0.25) is 0 Å². The standard InChI is InChI=1S/C16H17N3O/c1-9-6-5-7-12-8-13(20-15(9)12)14-10(2)16(17-4)19-11(3)18-14/h5-8H,1-4H3,(H,17,18,19). The Bertz CT molecular complexity index is 790. The molecule has 0 saturated carbocycles. The lowest BCUT2D eigenvalue weighted by Crippen LogP contribution is -2.02. The monoisotopic (exact) mass is 267 g/mol. The smallest absolute Gasteiger partial charge is 0.154 e. The van der Waals surface area contributed by atoms with Gasteiger partial charge in [-0.15, -0.1) is 0 Å². The third kappa shape index (κ3) is 1.93. The van der Waals surface area contributed by atoms with Crippen LogP contribution in [0.25, 0.3) is 22.4 Å². The van der Waals surface area contributed by atoms with Crippen molar-refractivity contribution < 1.29 is 4.42 Å². The first-order valence-corrected chi connectivity index (χ1v) is 6.62. The van der Waals surface area contributed by atoms with Crippen LogP contribution in [0.4, 0.5) is 5.82 Å². The summed E-state index contributed by atoms with van der Waals surface area (Å²) >= 11 is 0. The van der Waals surface area contributed by atoms with Crippen LogP contribution in [-0.2, 0) is 0 Å². The molecule has 20 heavy (non-hydrogen) atoms. The number of nitrogens with zero attached hydrogens (tertiary/aromatic N) is 2. The van der Waals surface area contributed by atoms with Gasteiger partial charge in [0.25, 0.3) is 0 Å². The quantitative estimate of drug-likeness (QED) is 0.766. The maximum absolute atomic E-state index is 6.00. The van der Waals surface area contributed by atoms with Gasteiger partial charge in [0.1, 0.15) is 22.9 Å². The molecule has 0 aliphatic rings. The van der Waals surface area contributed by atoms with Gasteiger partial charge in [-0.1, -0.05) is 18.2 Å². The maximum atomic E-state index is 6.00. The average molecular weight is 267 g/mol. The Labute approximate surface area is 117 Å². The van der Waals surface area contributed by atoms with Crippen molar-refractivity contribution in [2.75, 3.05) is 12.4 Å². The molecule has 0 aliphatic heterocycles. The van der Waals surface area contributed by atoms with Crippen LogP contribution in [0, 0.1) is 20.8 Å². The molecular formula is C16H17N3O. The first-order valence-electron chi connectivity index (χ1n) is 6.62. The molecule has 1 aromatic carbocycles. The van der Waals surface area contributed by atoms with Gasteiger partial charge in [0.05, 0.1) is 0 Å². The maximum Gasteiger partial charge on any atom is 0.154 e. The summed E-state index contributed by atoms with van der Waals surface area (Å²) in [5.74, 6) is 2.35. The zero-order chi connectivity index (χ0) is 14.3. The molecule has 4 heteroatoms. The molecule has 0 aliphatic carbocycles. The van der Waals surface area contributed by atoms with Gasteiger partial charge in [0.15, 0.2) is 5.76 Å². The SMILES string of the molecule is CNc1nc(C)nc(-c2cc3cccc(C)c3o2)c1C. The lowest BCUT2D eigenvalue weighted by Gasteiger charge is -2.08. The fourth-order valence-corrected chi connectivity index (χ4v) is 2.44. The molecular weight excluding hydrogens is 250 g/mol. The van der Waals surface area contributed by atoms with Crippen molar-refractivity contribution in [3.63, 3.8) is 0 Å². The molecule has 3 rings (SSSR count). The molecule has 4 nitrogen and oxygen atoms in total. The number of fused-ring (bicyclic) bond motifs is 1. The van der Waals surface area contributed by atoms with E-state index in [4.69, 9.17) is 4.42 Å². The fraction of sp³-hybridized carbons (Fsp3) is 0.250. The van der Waals surface area contributed by atoms with E-state index < -0.39 is 0 Å². The molecule has 0 unspecified atom stereocenters. The van der Waals surface area contributed by atoms with E-state index in [1.165, 1.54) is 0 Å². The Balaban J connectivity index is 2.25. The third-order valence-electron chi connectivity index (χ3n) is 3.47. The molecule has 0 saturated heterocycles. The largest absolute Gasteiger partial charge is 0.454 e. The molecule has 0 bridgehead atoms. The van der Waals surface area contributed by atoms with E-state index in [0.29, 0.717) is 0 Å². The predicted octanol–water partition coefficient (Wildman–Crippen LogP) is 3.86. The van der Waals surface area contributed by atoms with E-state index in [0.717, 1.165) is 45.2 Å². The molecule has 0 spiro atoms. The highest BCUT2D eigenvalue weighted by Crippen LogP contribution is 2.32. The molecule has 0 radical (unpaired) electrons. The lowest BCUT2D eigenvalue weighted by atomic mass is 10.1. The number of hydrogen-bond acceptors (Lipinski definition) is 4. The number of para-hydroxylation sites is 1. The molecule has 102 valence electrons. The summed E-state index contributed by atoms with van der Waals surface area (Å²) in [5, 5.41) is 4.20. The van der Waals surface area contributed by atoms with Crippen LogP contribution in [0.1, 0.15) is 17.0 Å². The zero-order valence-electron chi connectivity index (χ0n) is 12.1. The average Bonchev–Trinajstić information content (AvgIpc) is 2.86. The van der Waals surface area contributed by atoms with Crippen molar-refractivity contribution in [2.45, 2.75) is 20.8 Å². The van der Waals surface area contributed by atoms with Crippen LogP contribution < -0.4 is 5.32 Å². The topological polar surface area (TPSA) is 51.0 Å². The highest BCUT2D eigenvalue weighted by molar-refractivity contribution is 5.85. The van der Waals surface area contributed by atoms with Gasteiger partial charge in [-0.2, -0.15) is 0 Å². The third-order valence-corrected chi connectivity index (χ3v) is 3.47. The molecule has 2 aromatic heterocycles. The summed E-state index contributed by atoms with van der Waals surface area (Å²) < 4.78 is 6.00. The van der Waals surface area contributed by atoms with E-state index in [-0.39, 0.29) is 0 Å². The van der Waals surface area contributed by atoms with Gasteiger partial charge < -0.3 is 9.73 Å². The summed E-state index contributed by atoms with van der Waals surface area (Å²) in [7, 11) is 1.86. The predicted molar refractivity (Wildman–Crippen MR) is 81.0 cm³/mol. The molecule has 0 fully saturated rings. The second-order valence-electron chi connectivity index (χ2n) is 4.95. The Morgan fingerprint density at radius 1 is 1.10 bits per heavy atom. The number of hydrogen-bond donors (Lipinski definition) is 1. The number of benzene rings is 1. The van der Waals surface area contributed by atoms with Gasteiger partial charge >= 0.3 is 0 Å². The van der Waals surface area contributed by atoms with Gasteiger partial charge in [0.2, 0.25) is 0 Å². The number of furan rings is 1. The van der Waals surface area contributed by atoms with Crippen molar-refractivity contribution in [3.05, 3.63) is 41.2 Å². The summed E-state index contributed by atoms with van der Waals surface area (Å²) in [6, 6.07) is 8.18. The normalized spacial score (nSPS) is 11.0. The van der Waals surface area contributed by atoms with Crippen molar-refractivity contribution in [1.29, 1.82) is 0 Å². The van der Waals surface area contributed by atoms with E-state index in [1.54, 1.807) is 0 Å². The Kier molecular flexibility index (Phi) is 2.93. The molecule has 0 atom stereocenters. The van der Waals surface area contributed by atoms with Crippen LogP contribution in [0.5, 0.6) is 0 Å². The van der Waals surface area contributed by atoms with Crippen molar-refractivity contribution >= 4 is 16.8 Å². The van der Waals surface area contributed by atoms with E-state index in [1.807, 2.05) is 46.0 Å². The van der Waals surface area contributed by atoms with E-state index in [2.05, 4.69) is 21.4 Å². The van der Waals surface area contributed by atoms with Crippen LogP contribution in [0.15, 0.2) is 28.7 Å². The molecule has 0 amide bonds. The first-order chi connectivity index (χ1) is 9.60. The minimum absolute atomic E-state index is 0.729. The second-order valence-corrected chi connectivity index (χ2v) is 4.95. The number of aromatic nitrogens is 2. The van der Waals surface area contributed by atoms with Crippen molar-refractivity contribution in [3.8, 4) is 11.5 Å². The highest BCUT2D eigenvalue weighted by atomic mass is 16.3. The minimum Gasteiger partial charge on any atom is -0.454 e. The Morgan fingerprint density at radius 2 is 1.90 bits per heavy atom. The van der Waals surface area contributed by atoms with Gasteiger partial charge in [-0.3, -0.25) is 0 Å². The van der Waals surface area contributed by atoms with Crippen LogP contribution in [-0.4, -0.2) is 17.0 Å². The lowest BCUT2D eigenvalue weighted by molar-refractivity contribution is 0.624. The second kappa shape index (κ2) is 4.63. The number of anilines is 1. The number of aryl methyl sites for hydroxylation is 2. The highest BCUT2D eigenvalue weighted by Gasteiger charge is 2.15. The van der Waals surface area contributed by atoms with E-state index in [9.17, 15) is 0 Å². The summed E-state index contributed by atoms with van der Waals surface area (Å²) in [5.41, 5.74) is 3.89. The molecule has 1 N–H and O–H groups in total. The molecule has 3 aromatic rings. The van der Waals surface area contributed by atoms with Crippen LogP contribution >= 0.6 is 0 Å². The first kappa shape index (κ1) is 12.7. The summed E-state index contributed by atoms with van der Waals surface area (Å²) in [4.78, 5) is 8.92. The fourth-order valence-electron chi connectivity index (χ4n) is 2.44. The van der Waals surface area contributed by atoms with Crippen molar-refractivity contribution in [1.82, 2.24) is 9.97 Å². The van der Waals surface area contributed by atoms with Crippen LogP contribution in [0.3, 0.4) is 0 Å². The number of rotatable bonds is 2. The van der Waals surface area contributed by atoms with Gasteiger partial charge in [-0.05, 0) is 32.4 Å². The Hall–Kier alpha value is -2.36. The zero-order valence-corrected chi connectivity index (χ0v) is 12.1. The van der Waals surface area contributed by atoms with Gasteiger partial charge in [0, 0.05) is 18.0 Å². The van der Waals surface area contributed by atoms with Crippen molar-refractivity contribution in [2.24, 2.45) is 0 Å². The summed E-state index contributed by atoms with van der Waals surface area (Å²) in [6.07, 6.45) is 0.